The predicted molar refractivity (Wildman–Crippen MR) is 91.4 cm³/mol. The summed E-state index contributed by atoms with van der Waals surface area (Å²) in [6, 6.07) is 7.40. The zero-order valence-electron chi connectivity index (χ0n) is 14.8. The number of anilines is 1. The maximum absolute atomic E-state index is 13.5. The number of aliphatic hydroxyl groups excluding tert-OH is 1. The first-order chi connectivity index (χ1) is 12.5. The van der Waals surface area contributed by atoms with Crippen molar-refractivity contribution < 1.29 is 24.3 Å². The van der Waals surface area contributed by atoms with E-state index in [1.54, 1.807) is 6.92 Å². The van der Waals surface area contributed by atoms with Crippen LogP contribution in [0.15, 0.2) is 24.3 Å². The number of para-hydroxylation sites is 1. The highest BCUT2D eigenvalue weighted by Crippen LogP contribution is 2.58. The molecule has 0 radical (unpaired) electrons. The average molecular weight is 358 g/mol. The molecular weight excluding hydrogens is 336 g/mol. The number of hydroxylamine groups is 1. The minimum Gasteiger partial charge on any atom is -0.388 e. The topological polar surface area (TPSA) is 88.1 Å². The summed E-state index contributed by atoms with van der Waals surface area (Å²) >= 11 is 0. The number of hydrogen-bond donors (Lipinski definition) is 2. The van der Waals surface area contributed by atoms with Gasteiger partial charge in [0.25, 0.3) is 5.91 Å². The smallest absolute Gasteiger partial charge is 0.264 e. The Morgan fingerprint density at radius 3 is 2.96 bits per heavy atom. The van der Waals surface area contributed by atoms with E-state index in [-0.39, 0.29) is 23.7 Å². The minimum atomic E-state index is -1.08. The first kappa shape index (κ1) is 16.4. The zero-order valence-corrected chi connectivity index (χ0v) is 14.8. The van der Waals surface area contributed by atoms with Crippen LogP contribution in [0.4, 0.5) is 5.69 Å². The Morgan fingerprint density at radius 1 is 1.46 bits per heavy atom. The first-order valence-corrected chi connectivity index (χ1v) is 9.11. The number of nitrogens with one attached hydrogen (secondary N) is 1. The number of carbonyl (C=O) groups excluding carboxylic acids is 2. The van der Waals surface area contributed by atoms with Crippen molar-refractivity contribution in [1.82, 2.24) is 5.32 Å². The van der Waals surface area contributed by atoms with Gasteiger partial charge in [-0.3, -0.25) is 19.7 Å². The quantitative estimate of drug-likeness (QED) is 0.808. The molecule has 5 aliphatic heterocycles. The Kier molecular flexibility index (Phi) is 3.23. The largest absolute Gasteiger partial charge is 0.388 e. The highest BCUT2D eigenvalue weighted by atomic mass is 16.7. The van der Waals surface area contributed by atoms with Crippen molar-refractivity contribution in [2.45, 2.75) is 49.0 Å². The number of amides is 1. The first-order valence-electron chi connectivity index (χ1n) is 9.11. The van der Waals surface area contributed by atoms with E-state index in [1.165, 1.54) is 12.2 Å². The van der Waals surface area contributed by atoms with E-state index in [9.17, 15) is 14.7 Å². The molecule has 2 N–H and O–H groups in total. The second-order valence-corrected chi connectivity index (χ2v) is 7.68. The summed E-state index contributed by atoms with van der Waals surface area (Å²) in [5, 5.41) is 15.9. The van der Waals surface area contributed by atoms with E-state index in [4.69, 9.17) is 9.57 Å². The number of hydrogen-bond acceptors (Lipinski definition) is 6. The summed E-state index contributed by atoms with van der Waals surface area (Å²) in [7, 11) is 1.46. The van der Waals surface area contributed by atoms with Gasteiger partial charge >= 0.3 is 0 Å². The van der Waals surface area contributed by atoms with Gasteiger partial charge in [-0.1, -0.05) is 25.1 Å². The number of nitrogens with zero attached hydrogens (tertiary/aromatic N) is 1. The predicted octanol–water partition coefficient (Wildman–Crippen LogP) is 0.302. The Hall–Kier alpha value is -1.80. The maximum Gasteiger partial charge on any atom is 0.264 e. The van der Waals surface area contributed by atoms with Crippen molar-refractivity contribution in [3.05, 3.63) is 29.8 Å². The third-order valence-corrected chi connectivity index (χ3v) is 6.87. The molecule has 0 aliphatic carbocycles. The lowest BCUT2D eigenvalue weighted by Crippen LogP contribution is -2.82. The van der Waals surface area contributed by atoms with Gasteiger partial charge in [-0.15, -0.1) is 0 Å². The van der Waals surface area contributed by atoms with E-state index in [2.05, 4.69) is 5.32 Å². The number of Topliss-reactive ketones (excluding diaryl/α,β-unsaturated/α-hetero) is 1. The number of carbonyl (C=O) groups is 2. The van der Waals surface area contributed by atoms with Gasteiger partial charge in [0.05, 0.1) is 19.4 Å². The summed E-state index contributed by atoms with van der Waals surface area (Å²) in [4.78, 5) is 31.6. The number of benzene rings is 1. The molecule has 26 heavy (non-hydrogen) atoms. The molecule has 7 nitrogen and oxygen atoms in total. The van der Waals surface area contributed by atoms with Gasteiger partial charge < -0.3 is 9.84 Å². The molecule has 5 heterocycles. The van der Waals surface area contributed by atoms with Gasteiger partial charge in [0.2, 0.25) is 0 Å². The van der Waals surface area contributed by atoms with E-state index >= 15 is 0 Å². The van der Waals surface area contributed by atoms with E-state index in [0.717, 1.165) is 5.56 Å². The van der Waals surface area contributed by atoms with Crippen LogP contribution < -0.4 is 10.4 Å². The van der Waals surface area contributed by atoms with Crippen molar-refractivity contribution in [3.63, 3.8) is 0 Å². The van der Waals surface area contributed by atoms with E-state index < -0.39 is 23.2 Å². The van der Waals surface area contributed by atoms with Gasteiger partial charge in [-0.25, -0.2) is 0 Å². The van der Waals surface area contributed by atoms with Crippen LogP contribution in [0.3, 0.4) is 0 Å². The van der Waals surface area contributed by atoms with Crippen LogP contribution in [0.5, 0.6) is 0 Å². The van der Waals surface area contributed by atoms with Crippen molar-refractivity contribution in [1.29, 1.82) is 0 Å². The Labute approximate surface area is 151 Å². The summed E-state index contributed by atoms with van der Waals surface area (Å²) in [5.41, 5.74) is -0.578. The molecule has 4 fully saturated rings. The fraction of sp³-hybridized carbons (Fsp3) is 0.579. The molecule has 4 saturated heterocycles. The normalized spacial score (nSPS) is 42.6. The highest BCUT2D eigenvalue weighted by Gasteiger charge is 2.75. The second-order valence-electron chi connectivity index (χ2n) is 7.68. The SMILES string of the molecule is CCC(=O)C12N[C@H]3CC4(C(=O)N(OC)c5ccccc54)C(OCC31)C2O. The van der Waals surface area contributed by atoms with Crippen LogP contribution >= 0.6 is 0 Å². The highest BCUT2D eigenvalue weighted by molar-refractivity contribution is 6.08. The average Bonchev–Trinajstić information content (AvgIpc) is 2.73. The van der Waals surface area contributed by atoms with Crippen molar-refractivity contribution in [2.75, 3.05) is 18.8 Å². The van der Waals surface area contributed by atoms with Gasteiger partial charge in [-0.2, -0.15) is 5.06 Å². The second kappa shape index (κ2) is 5.13. The van der Waals surface area contributed by atoms with Crippen LogP contribution in [-0.2, 0) is 24.6 Å². The van der Waals surface area contributed by atoms with Gasteiger partial charge in [0.1, 0.15) is 23.2 Å². The molecule has 6 rings (SSSR count). The molecular formula is C19H22N2O5. The maximum atomic E-state index is 13.5. The summed E-state index contributed by atoms with van der Waals surface area (Å²) in [5.74, 6) is -0.365. The van der Waals surface area contributed by atoms with Gasteiger partial charge in [0.15, 0.2) is 5.78 Å². The monoisotopic (exact) mass is 358 g/mol. The summed E-state index contributed by atoms with van der Waals surface area (Å²) in [6.45, 7) is 2.17. The fourth-order valence-corrected chi connectivity index (χ4v) is 5.73. The molecule has 4 bridgehead atoms. The Balaban J connectivity index is 1.71. The molecule has 1 amide bonds. The summed E-state index contributed by atoms with van der Waals surface area (Å²) in [6.07, 6.45) is -1.06. The fourth-order valence-electron chi connectivity index (χ4n) is 5.73. The molecule has 1 aromatic carbocycles. The van der Waals surface area contributed by atoms with Gasteiger partial charge in [-0.05, 0) is 18.1 Å². The van der Waals surface area contributed by atoms with Crippen LogP contribution in [0, 0.1) is 5.92 Å². The van der Waals surface area contributed by atoms with Crippen molar-refractivity contribution >= 4 is 17.4 Å². The number of fused-ring (bicyclic) bond motifs is 2. The molecule has 5 unspecified atom stereocenters. The third-order valence-electron chi connectivity index (χ3n) is 6.87. The van der Waals surface area contributed by atoms with Crippen LogP contribution in [0.1, 0.15) is 25.3 Å². The molecule has 1 aromatic rings. The lowest BCUT2D eigenvalue weighted by Gasteiger charge is -2.58. The Bertz CT molecular complexity index is 813. The van der Waals surface area contributed by atoms with E-state index in [1.807, 2.05) is 24.3 Å². The lowest BCUT2D eigenvalue weighted by atomic mass is 9.64. The number of ether oxygens (including phenoxy) is 1. The standard InChI is InChI=1S/C19H22N2O5/c1-3-14(22)19-11-9-26-16(15(19)23)18(8-12(11)20-19)10-6-4-5-7-13(10)21(25-2)17(18)24/h4-7,11-12,15-16,20,23H,3,8-9H2,1-2H3/t11?,12-,15?,16?,18?,19?/m0/s1. The Morgan fingerprint density at radius 2 is 2.23 bits per heavy atom. The van der Waals surface area contributed by atoms with Crippen LogP contribution in [0.25, 0.3) is 0 Å². The molecule has 0 aromatic heterocycles. The number of rotatable bonds is 3. The molecule has 1 spiro atoms. The third kappa shape index (κ3) is 1.55. The van der Waals surface area contributed by atoms with Crippen molar-refractivity contribution in [3.8, 4) is 0 Å². The molecule has 7 heteroatoms. The lowest BCUT2D eigenvalue weighted by molar-refractivity contribution is -0.197. The number of aliphatic hydroxyl groups is 1. The van der Waals surface area contributed by atoms with Gasteiger partial charge in [0, 0.05) is 18.4 Å². The van der Waals surface area contributed by atoms with E-state index in [0.29, 0.717) is 25.1 Å². The van der Waals surface area contributed by atoms with Crippen LogP contribution in [-0.4, -0.2) is 54.3 Å². The zero-order chi connectivity index (χ0) is 18.3. The molecule has 6 atom stereocenters. The summed E-state index contributed by atoms with van der Waals surface area (Å²) < 4.78 is 6.05. The molecule has 138 valence electrons. The van der Waals surface area contributed by atoms with Crippen LogP contribution in [0.2, 0.25) is 0 Å². The molecule has 0 saturated carbocycles. The van der Waals surface area contributed by atoms with Crippen molar-refractivity contribution in [2.24, 2.45) is 5.92 Å². The molecule has 5 aliphatic rings. The number of ketones is 1. The minimum absolute atomic E-state index is 0.0149.